The van der Waals surface area contributed by atoms with Crippen molar-refractivity contribution >= 4 is 29.2 Å². The lowest BCUT2D eigenvalue weighted by Gasteiger charge is -2.16. The van der Waals surface area contributed by atoms with Gasteiger partial charge in [0.15, 0.2) is 24.1 Å². The second-order valence-corrected chi connectivity index (χ2v) is 6.62. The minimum absolute atomic E-state index is 0.0634. The van der Waals surface area contributed by atoms with Gasteiger partial charge in [-0.3, -0.25) is 14.4 Å². The third-order valence-corrected chi connectivity index (χ3v) is 4.46. The number of aryl methyl sites for hydroxylation is 1. The van der Waals surface area contributed by atoms with Gasteiger partial charge >= 0.3 is 5.97 Å². The van der Waals surface area contributed by atoms with E-state index in [1.54, 1.807) is 12.1 Å². The number of anilines is 2. The van der Waals surface area contributed by atoms with E-state index in [9.17, 15) is 27.6 Å². The van der Waals surface area contributed by atoms with Gasteiger partial charge in [-0.1, -0.05) is 17.7 Å². The zero-order chi connectivity index (χ0) is 21.1. The Morgan fingerprint density at radius 2 is 1.79 bits per heavy atom. The molecule has 0 saturated carbocycles. The summed E-state index contributed by atoms with van der Waals surface area (Å²) in [6.45, 7) is 1.26. The molecule has 2 aromatic carbocycles. The Morgan fingerprint density at radius 1 is 1.10 bits per heavy atom. The largest absolute Gasteiger partial charge is 0.455 e. The summed E-state index contributed by atoms with van der Waals surface area (Å²) in [6.07, 6.45) is -0.0634. The van der Waals surface area contributed by atoms with Crippen LogP contribution in [0.4, 0.5) is 24.5 Å². The van der Waals surface area contributed by atoms with Crippen LogP contribution >= 0.6 is 0 Å². The molecule has 1 saturated heterocycles. The Kier molecular flexibility index (Phi) is 5.86. The number of ether oxygens (including phenoxy) is 1. The van der Waals surface area contributed by atoms with Crippen molar-refractivity contribution in [3.8, 4) is 0 Å². The fourth-order valence-electron chi connectivity index (χ4n) is 2.90. The Labute approximate surface area is 164 Å². The average Bonchev–Trinajstić information content (AvgIpc) is 3.09. The van der Waals surface area contributed by atoms with Crippen LogP contribution in [0.5, 0.6) is 0 Å². The number of rotatable bonds is 5. The highest BCUT2D eigenvalue weighted by molar-refractivity contribution is 6.00. The van der Waals surface area contributed by atoms with Crippen LogP contribution in [0.25, 0.3) is 0 Å². The van der Waals surface area contributed by atoms with Crippen LogP contribution in [0, 0.1) is 30.3 Å². The molecule has 0 unspecified atom stereocenters. The Balaban J connectivity index is 1.54. The van der Waals surface area contributed by atoms with Crippen molar-refractivity contribution < 1.29 is 32.3 Å². The number of amides is 2. The summed E-state index contributed by atoms with van der Waals surface area (Å²) < 4.78 is 44.5. The molecule has 0 aromatic heterocycles. The van der Waals surface area contributed by atoms with Gasteiger partial charge in [-0.05, 0) is 31.2 Å². The Bertz CT molecular complexity index is 963. The molecule has 0 aliphatic carbocycles. The Hall–Kier alpha value is -3.36. The quantitative estimate of drug-likeness (QED) is 0.612. The molecular weight excluding hydrogens is 389 g/mol. The zero-order valence-electron chi connectivity index (χ0n) is 15.4. The van der Waals surface area contributed by atoms with Gasteiger partial charge in [0.25, 0.3) is 5.91 Å². The minimum Gasteiger partial charge on any atom is -0.455 e. The lowest BCUT2D eigenvalue weighted by atomic mass is 10.1. The maximum Gasteiger partial charge on any atom is 0.311 e. The van der Waals surface area contributed by atoms with Crippen LogP contribution in [0.3, 0.4) is 0 Å². The molecule has 0 bridgehead atoms. The van der Waals surface area contributed by atoms with E-state index in [1.807, 2.05) is 24.4 Å². The topological polar surface area (TPSA) is 75.7 Å². The van der Waals surface area contributed by atoms with Crippen molar-refractivity contribution in [3.05, 3.63) is 59.4 Å². The summed E-state index contributed by atoms with van der Waals surface area (Å²) in [5, 5.41) is 2.00. The maximum absolute atomic E-state index is 13.6. The number of nitrogens with zero attached hydrogens (tertiary/aromatic N) is 1. The molecule has 29 heavy (non-hydrogen) atoms. The number of hydrogen-bond donors (Lipinski definition) is 1. The number of benzene rings is 2. The third-order valence-electron chi connectivity index (χ3n) is 4.46. The van der Waals surface area contributed by atoms with Crippen molar-refractivity contribution in [2.24, 2.45) is 5.92 Å². The standard InChI is InChI=1S/C20H17F3N2O4/c1-11-2-4-13(5-3-11)25-9-12(8-17(25)27)20(28)29-10-16(26)24-15-7-6-14(21)18(22)19(15)23/h2-7,12H,8-10H2,1H3,(H,24,26)/t12-/m1/s1. The van der Waals surface area contributed by atoms with Crippen molar-refractivity contribution in [1.82, 2.24) is 0 Å². The molecule has 0 spiro atoms. The van der Waals surface area contributed by atoms with Gasteiger partial charge in [-0.2, -0.15) is 0 Å². The summed E-state index contributed by atoms with van der Waals surface area (Å²) in [7, 11) is 0. The van der Waals surface area contributed by atoms with Crippen LogP contribution in [-0.4, -0.2) is 30.9 Å². The van der Waals surface area contributed by atoms with Crippen LogP contribution in [0.2, 0.25) is 0 Å². The first-order valence-corrected chi connectivity index (χ1v) is 8.73. The highest BCUT2D eigenvalue weighted by Crippen LogP contribution is 2.26. The predicted molar refractivity (Wildman–Crippen MR) is 97.5 cm³/mol. The smallest absolute Gasteiger partial charge is 0.311 e. The summed E-state index contributed by atoms with van der Waals surface area (Å²) in [5.74, 6) is -7.35. The normalized spacial score (nSPS) is 16.1. The van der Waals surface area contributed by atoms with Crippen LogP contribution in [-0.2, 0) is 19.1 Å². The molecule has 1 aliphatic rings. The summed E-state index contributed by atoms with van der Waals surface area (Å²) in [4.78, 5) is 37.6. The molecule has 1 aliphatic heterocycles. The van der Waals surface area contributed by atoms with E-state index in [4.69, 9.17) is 4.74 Å². The number of carbonyl (C=O) groups is 3. The number of carbonyl (C=O) groups excluding carboxylic acids is 3. The fraction of sp³-hybridized carbons (Fsp3) is 0.250. The minimum atomic E-state index is -1.72. The first kappa shape index (κ1) is 20.4. The van der Waals surface area contributed by atoms with Crippen molar-refractivity contribution in [1.29, 1.82) is 0 Å². The molecular formula is C20H17F3N2O4. The van der Waals surface area contributed by atoms with Gasteiger partial charge in [0, 0.05) is 18.7 Å². The molecule has 1 heterocycles. The highest BCUT2D eigenvalue weighted by Gasteiger charge is 2.36. The second kappa shape index (κ2) is 8.34. The SMILES string of the molecule is Cc1ccc(N2C[C@H](C(=O)OCC(=O)Nc3ccc(F)c(F)c3F)CC2=O)cc1. The number of hydrogen-bond acceptors (Lipinski definition) is 4. The number of nitrogens with one attached hydrogen (secondary N) is 1. The van der Waals surface area contributed by atoms with E-state index in [0.717, 1.165) is 11.6 Å². The van der Waals surface area contributed by atoms with Gasteiger partial charge in [0.2, 0.25) is 5.91 Å². The molecule has 2 amide bonds. The van der Waals surface area contributed by atoms with E-state index in [2.05, 4.69) is 0 Å². The zero-order valence-corrected chi connectivity index (χ0v) is 15.4. The van der Waals surface area contributed by atoms with E-state index in [0.29, 0.717) is 11.8 Å². The van der Waals surface area contributed by atoms with E-state index >= 15 is 0 Å². The van der Waals surface area contributed by atoms with Gasteiger partial charge in [-0.25, -0.2) is 13.2 Å². The number of halogens is 3. The van der Waals surface area contributed by atoms with E-state index < -0.39 is 47.5 Å². The lowest BCUT2D eigenvalue weighted by molar-refractivity contribution is -0.151. The van der Waals surface area contributed by atoms with E-state index in [1.165, 1.54) is 4.90 Å². The van der Waals surface area contributed by atoms with Crippen LogP contribution < -0.4 is 10.2 Å². The van der Waals surface area contributed by atoms with Gasteiger partial charge < -0.3 is 15.0 Å². The predicted octanol–water partition coefficient (Wildman–Crippen LogP) is 2.95. The Morgan fingerprint density at radius 3 is 2.48 bits per heavy atom. The second-order valence-electron chi connectivity index (χ2n) is 6.62. The molecule has 2 aromatic rings. The monoisotopic (exact) mass is 406 g/mol. The van der Waals surface area contributed by atoms with Gasteiger partial charge in [0.1, 0.15) is 0 Å². The van der Waals surface area contributed by atoms with Crippen molar-refractivity contribution in [2.75, 3.05) is 23.4 Å². The maximum atomic E-state index is 13.6. The van der Waals surface area contributed by atoms with Crippen molar-refractivity contribution in [2.45, 2.75) is 13.3 Å². The first-order chi connectivity index (χ1) is 13.8. The molecule has 1 atom stereocenters. The average molecular weight is 406 g/mol. The van der Waals surface area contributed by atoms with E-state index in [-0.39, 0.29) is 18.9 Å². The molecule has 0 radical (unpaired) electrons. The molecule has 152 valence electrons. The third kappa shape index (κ3) is 4.56. The summed E-state index contributed by atoms with van der Waals surface area (Å²) >= 11 is 0. The summed E-state index contributed by atoms with van der Waals surface area (Å²) in [6, 6.07) is 8.73. The van der Waals surface area contributed by atoms with Gasteiger partial charge in [-0.15, -0.1) is 0 Å². The van der Waals surface area contributed by atoms with Gasteiger partial charge in [0.05, 0.1) is 11.6 Å². The molecule has 6 nitrogen and oxygen atoms in total. The molecule has 1 N–H and O–H groups in total. The van der Waals surface area contributed by atoms with Crippen molar-refractivity contribution in [3.63, 3.8) is 0 Å². The highest BCUT2D eigenvalue weighted by atomic mass is 19.2. The molecule has 1 fully saturated rings. The van der Waals surface area contributed by atoms with Crippen LogP contribution in [0.1, 0.15) is 12.0 Å². The lowest BCUT2D eigenvalue weighted by Crippen LogP contribution is -2.28. The summed E-state index contributed by atoms with van der Waals surface area (Å²) in [5.41, 5.74) is 1.11. The number of esters is 1. The molecule has 3 rings (SSSR count). The fourth-order valence-corrected chi connectivity index (χ4v) is 2.90. The van der Waals surface area contributed by atoms with Crippen LogP contribution in [0.15, 0.2) is 36.4 Å². The molecule has 9 heteroatoms. The first-order valence-electron chi connectivity index (χ1n) is 8.73.